The molecule has 0 radical (unpaired) electrons. The molecule has 2 N–H and O–H groups in total. The number of hydrogen-bond donors (Lipinski definition) is 2. The zero-order chi connectivity index (χ0) is 21.1. The normalized spacial score (nSPS) is 13.9. The molecule has 2 aromatic heterocycles. The molecule has 0 bridgehead atoms. The first kappa shape index (κ1) is 19.8. The van der Waals surface area contributed by atoms with Crippen molar-refractivity contribution < 1.29 is 14.0 Å². The third-order valence-corrected chi connectivity index (χ3v) is 5.34. The van der Waals surface area contributed by atoms with Gasteiger partial charge in [-0.15, -0.1) is 0 Å². The zero-order valence-corrected chi connectivity index (χ0v) is 16.7. The van der Waals surface area contributed by atoms with Crippen LogP contribution in [0.4, 0.5) is 10.1 Å². The van der Waals surface area contributed by atoms with Crippen LogP contribution >= 0.6 is 0 Å². The fourth-order valence-electron chi connectivity index (χ4n) is 3.84. The fraction of sp³-hybridized carbons (Fsp3) is 0.261. The molecule has 7 heteroatoms. The zero-order valence-electron chi connectivity index (χ0n) is 16.7. The maximum absolute atomic E-state index is 13.4. The summed E-state index contributed by atoms with van der Waals surface area (Å²) in [6.45, 7) is 2.60. The molecular weight excluding hydrogens is 383 g/mol. The van der Waals surface area contributed by atoms with Crippen LogP contribution in [0.5, 0.6) is 0 Å². The second-order valence-corrected chi connectivity index (χ2v) is 7.45. The molecule has 1 aromatic carbocycles. The Labute approximate surface area is 174 Å². The van der Waals surface area contributed by atoms with Gasteiger partial charge in [0.15, 0.2) is 0 Å². The first-order chi connectivity index (χ1) is 14.5. The first-order valence-corrected chi connectivity index (χ1v) is 10.0. The van der Waals surface area contributed by atoms with Crippen LogP contribution in [0.15, 0.2) is 54.9 Å². The molecule has 3 aromatic rings. The molecule has 1 aliphatic heterocycles. The lowest BCUT2D eigenvalue weighted by Crippen LogP contribution is -2.28. The highest BCUT2D eigenvalue weighted by Gasteiger charge is 2.26. The molecule has 0 fully saturated rings. The molecule has 0 saturated heterocycles. The molecular formula is C23H23FN4O2. The van der Waals surface area contributed by atoms with Crippen molar-refractivity contribution in [3.05, 3.63) is 83.2 Å². The van der Waals surface area contributed by atoms with Gasteiger partial charge in [-0.25, -0.2) is 4.39 Å². The van der Waals surface area contributed by atoms with Gasteiger partial charge in [0.1, 0.15) is 11.5 Å². The van der Waals surface area contributed by atoms with E-state index in [-0.39, 0.29) is 23.5 Å². The van der Waals surface area contributed by atoms with Crippen molar-refractivity contribution in [3.8, 4) is 0 Å². The number of carbonyl (C=O) groups excluding carboxylic acids is 2. The van der Waals surface area contributed by atoms with Crippen LogP contribution in [0, 0.1) is 5.82 Å². The van der Waals surface area contributed by atoms with Gasteiger partial charge in [0, 0.05) is 18.3 Å². The summed E-state index contributed by atoms with van der Waals surface area (Å²) in [6, 6.07) is 12.4. The highest BCUT2D eigenvalue weighted by molar-refractivity contribution is 6.06. The third kappa shape index (κ3) is 4.10. The van der Waals surface area contributed by atoms with E-state index >= 15 is 0 Å². The summed E-state index contributed by atoms with van der Waals surface area (Å²) < 4.78 is 15.3. The Morgan fingerprint density at radius 1 is 1.10 bits per heavy atom. The molecule has 3 heterocycles. The Balaban J connectivity index is 1.59. The summed E-state index contributed by atoms with van der Waals surface area (Å²) >= 11 is 0. The largest absolute Gasteiger partial charge is 0.345 e. The SMILES string of the molecule is C[C@@H](NC(=O)c1cc(C(=O)Nc2cncc(F)c2)n2c1CCCC2)c1ccccc1. The summed E-state index contributed by atoms with van der Waals surface area (Å²) in [6.07, 6.45) is 5.09. The van der Waals surface area contributed by atoms with Gasteiger partial charge in [0.25, 0.3) is 11.8 Å². The quantitative estimate of drug-likeness (QED) is 0.670. The minimum Gasteiger partial charge on any atom is -0.345 e. The van der Waals surface area contributed by atoms with E-state index < -0.39 is 5.82 Å². The molecule has 2 amide bonds. The van der Waals surface area contributed by atoms with E-state index in [4.69, 9.17) is 0 Å². The van der Waals surface area contributed by atoms with Crippen LogP contribution in [-0.2, 0) is 13.0 Å². The number of amides is 2. The Kier molecular flexibility index (Phi) is 5.61. The van der Waals surface area contributed by atoms with E-state index in [0.717, 1.165) is 36.7 Å². The molecule has 6 nitrogen and oxygen atoms in total. The number of aromatic nitrogens is 2. The van der Waals surface area contributed by atoms with Crippen molar-refractivity contribution in [2.45, 2.75) is 38.8 Å². The van der Waals surface area contributed by atoms with Crippen LogP contribution in [0.1, 0.15) is 57.9 Å². The lowest BCUT2D eigenvalue weighted by Gasteiger charge is -2.19. The topological polar surface area (TPSA) is 76.0 Å². The van der Waals surface area contributed by atoms with Gasteiger partial charge in [-0.2, -0.15) is 0 Å². The summed E-state index contributed by atoms with van der Waals surface area (Å²) in [5.41, 5.74) is 3.05. The molecule has 0 spiro atoms. The van der Waals surface area contributed by atoms with Gasteiger partial charge in [-0.1, -0.05) is 30.3 Å². The molecule has 4 rings (SSSR count). The minimum absolute atomic E-state index is 0.159. The fourth-order valence-corrected chi connectivity index (χ4v) is 3.84. The van der Waals surface area contributed by atoms with E-state index in [1.165, 1.54) is 12.3 Å². The maximum atomic E-state index is 13.4. The number of benzene rings is 1. The molecule has 1 atom stereocenters. The van der Waals surface area contributed by atoms with Crippen LogP contribution < -0.4 is 10.6 Å². The highest BCUT2D eigenvalue weighted by atomic mass is 19.1. The van der Waals surface area contributed by atoms with Crippen molar-refractivity contribution in [1.82, 2.24) is 14.9 Å². The van der Waals surface area contributed by atoms with Gasteiger partial charge in [0.2, 0.25) is 0 Å². The number of anilines is 1. The Hall–Kier alpha value is -3.48. The summed E-state index contributed by atoms with van der Waals surface area (Å²) in [5, 5.41) is 5.70. The highest BCUT2D eigenvalue weighted by Crippen LogP contribution is 2.25. The smallest absolute Gasteiger partial charge is 0.272 e. The van der Waals surface area contributed by atoms with Crippen molar-refractivity contribution in [3.63, 3.8) is 0 Å². The van der Waals surface area contributed by atoms with E-state index in [2.05, 4.69) is 15.6 Å². The van der Waals surface area contributed by atoms with Crippen LogP contribution in [0.2, 0.25) is 0 Å². The average molecular weight is 406 g/mol. The summed E-state index contributed by atoms with van der Waals surface area (Å²) in [7, 11) is 0. The Bertz CT molecular complexity index is 1080. The molecule has 0 saturated carbocycles. The monoisotopic (exact) mass is 406 g/mol. The average Bonchev–Trinajstić information content (AvgIpc) is 3.14. The number of nitrogens with zero attached hydrogens (tertiary/aromatic N) is 2. The maximum Gasteiger partial charge on any atom is 0.272 e. The minimum atomic E-state index is -0.528. The van der Waals surface area contributed by atoms with E-state index in [1.54, 1.807) is 6.07 Å². The number of fused-ring (bicyclic) bond motifs is 1. The molecule has 0 aliphatic carbocycles. The number of rotatable bonds is 5. The third-order valence-electron chi connectivity index (χ3n) is 5.34. The summed E-state index contributed by atoms with van der Waals surface area (Å²) in [5.74, 6) is -1.12. The van der Waals surface area contributed by atoms with Crippen LogP contribution in [0.25, 0.3) is 0 Å². The number of halogens is 1. The molecule has 30 heavy (non-hydrogen) atoms. The number of carbonyl (C=O) groups is 2. The molecule has 0 unspecified atom stereocenters. The standard InChI is InChI=1S/C23H23FN4O2/c1-15(16-7-3-2-4-8-16)26-22(29)19-12-21(28-10-6-5-9-20(19)28)23(30)27-18-11-17(24)13-25-14-18/h2-4,7-8,11-15H,5-6,9-10H2,1H3,(H,26,29)(H,27,30)/t15-/m1/s1. The van der Waals surface area contributed by atoms with Crippen molar-refractivity contribution in [2.24, 2.45) is 0 Å². The van der Waals surface area contributed by atoms with Crippen molar-refractivity contribution >= 4 is 17.5 Å². The predicted octanol–water partition coefficient (Wildman–Crippen LogP) is 4.10. The second-order valence-electron chi connectivity index (χ2n) is 7.45. The van der Waals surface area contributed by atoms with Crippen LogP contribution in [-0.4, -0.2) is 21.4 Å². The van der Waals surface area contributed by atoms with Gasteiger partial charge in [0.05, 0.1) is 29.7 Å². The second kappa shape index (κ2) is 8.49. The van der Waals surface area contributed by atoms with Crippen molar-refractivity contribution in [1.29, 1.82) is 0 Å². The van der Waals surface area contributed by atoms with Crippen molar-refractivity contribution in [2.75, 3.05) is 5.32 Å². The van der Waals surface area contributed by atoms with E-state index in [0.29, 0.717) is 17.8 Å². The molecule has 154 valence electrons. The number of nitrogens with one attached hydrogen (secondary N) is 2. The predicted molar refractivity (Wildman–Crippen MR) is 112 cm³/mol. The van der Waals surface area contributed by atoms with Gasteiger partial charge < -0.3 is 15.2 Å². The van der Waals surface area contributed by atoms with Crippen LogP contribution in [0.3, 0.4) is 0 Å². The lowest BCUT2D eigenvalue weighted by molar-refractivity contribution is 0.0938. The van der Waals surface area contributed by atoms with E-state index in [9.17, 15) is 14.0 Å². The first-order valence-electron chi connectivity index (χ1n) is 10.0. The van der Waals surface area contributed by atoms with Gasteiger partial charge in [-0.3, -0.25) is 14.6 Å². The van der Waals surface area contributed by atoms with Gasteiger partial charge >= 0.3 is 0 Å². The van der Waals surface area contributed by atoms with Gasteiger partial charge in [-0.05, 0) is 37.8 Å². The molecule has 1 aliphatic rings. The Morgan fingerprint density at radius 3 is 2.67 bits per heavy atom. The number of pyridine rings is 1. The lowest BCUT2D eigenvalue weighted by atomic mass is 10.1. The summed E-state index contributed by atoms with van der Waals surface area (Å²) in [4.78, 5) is 29.6. The van der Waals surface area contributed by atoms with E-state index in [1.807, 2.05) is 41.8 Å². The Morgan fingerprint density at radius 2 is 1.90 bits per heavy atom. The number of hydrogen-bond acceptors (Lipinski definition) is 3.